The fourth-order valence-corrected chi connectivity index (χ4v) is 7.97. The van der Waals surface area contributed by atoms with E-state index < -0.39 is 0 Å². The van der Waals surface area contributed by atoms with Crippen LogP contribution in [0.1, 0.15) is 70.6 Å². The van der Waals surface area contributed by atoms with Crippen LogP contribution in [-0.2, 0) is 47.7 Å². The summed E-state index contributed by atoms with van der Waals surface area (Å²) < 4.78 is 20.3. The van der Waals surface area contributed by atoms with Gasteiger partial charge in [0.05, 0.1) is 58.1 Å². The molecule has 4 rings (SSSR count). The van der Waals surface area contributed by atoms with Crippen molar-refractivity contribution < 1.29 is 57.9 Å². The maximum Gasteiger partial charge on any atom is 0.253 e. The number of aliphatic hydroxyl groups is 2. The van der Waals surface area contributed by atoms with Crippen molar-refractivity contribution in [2.45, 2.75) is 75.9 Å². The summed E-state index contributed by atoms with van der Waals surface area (Å²) in [6, 6.07) is 0. The number of thiol groups is 1. The molecule has 2 aliphatic carbocycles. The highest BCUT2D eigenvalue weighted by molar-refractivity contribution is 8.00. The summed E-state index contributed by atoms with van der Waals surface area (Å²) >= 11 is 5.03. The topological polar surface area (TPSA) is 210 Å². The first-order valence-electron chi connectivity index (χ1n) is 20.5. The Morgan fingerprint density at radius 1 is 0.690 bits per heavy atom. The molecule has 0 spiro atoms. The molecule has 1 atom stereocenters. The Hall–Kier alpha value is -2.58. The van der Waals surface area contributed by atoms with E-state index in [0.29, 0.717) is 114 Å². The summed E-state index contributed by atoms with van der Waals surface area (Å²) in [6.07, 6.45) is 11.6. The zero-order chi connectivity index (χ0) is 42.5. The number of methoxy groups -OCH3 is 2. The quantitative estimate of drug-likeness (QED) is 0.0532. The predicted molar refractivity (Wildman–Crippen MR) is 223 cm³/mol. The van der Waals surface area contributed by atoms with E-state index in [1.165, 1.54) is 33.7 Å². The van der Waals surface area contributed by atoms with Crippen LogP contribution >= 0.6 is 24.4 Å². The van der Waals surface area contributed by atoms with Crippen molar-refractivity contribution in [1.82, 2.24) is 20.4 Å². The number of rotatable bonds is 24. The maximum atomic E-state index is 12.4. The first-order chi connectivity index (χ1) is 28.1. The lowest BCUT2D eigenvalue weighted by atomic mass is 9.81. The van der Waals surface area contributed by atoms with Crippen molar-refractivity contribution in [1.29, 1.82) is 0 Å². The van der Waals surface area contributed by atoms with Gasteiger partial charge in [0.1, 0.15) is 0 Å². The van der Waals surface area contributed by atoms with E-state index in [1.807, 2.05) is 0 Å². The Balaban J connectivity index is 0.000000369. The molecule has 3 fully saturated rings. The highest BCUT2D eigenvalue weighted by Gasteiger charge is 2.40. The van der Waals surface area contributed by atoms with Crippen LogP contribution in [0.15, 0.2) is 12.2 Å². The minimum atomic E-state index is -0.334. The molecule has 0 radical (unpaired) electrons. The number of carbonyl (C=O) groups excluding carboxylic acids is 6. The van der Waals surface area contributed by atoms with Crippen molar-refractivity contribution in [2.75, 3.05) is 105 Å². The SMILES string of the molecule is COCCOCCC(=O)NCC1CCC(CN2C(=O)C=CC2=O)CC1.COCCOCCC(=O)NCC1CCC(CN2C(=O)CC(SCCO)C2=O)CC1.OCCS. The van der Waals surface area contributed by atoms with Crippen LogP contribution in [0.3, 0.4) is 0 Å². The summed E-state index contributed by atoms with van der Waals surface area (Å²) in [6.45, 7) is 5.46. The van der Waals surface area contributed by atoms with Gasteiger partial charge in [-0.15, -0.1) is 11.8 Å². The van der Waals surface area contributed by atoms with Gasteiger partial charge in [-0.25, -0.2) is 0 Å². The number of nitrogens with zero attached hydrogens (tertiary/aromatic N) is 2. The molecule has 2 aliphatic heterocycles. The van der Waals surface area contributed by atoms with E-state index in [2.05, 4.69) is 23.3 Å². The van der Waals surface area contributed by atoms with Crippen molar-refractivity contribution >= 4 is 59.8 Å². The molecule has 58 heavy (non-hydrogen) atoms. The van der Waals surface area contributed by atoms with Gasteiger partial charge in [-0.05, 0) is 75.0 Å². The van der Waals surface area contributed by atoms with Gasteiger partial charge in [0.25, 0.3) is 11.8 Å². The summed E-state index contributed by atoms with van der Waals surface area (Å²) in [4.78, 5) is 74.2. The van der Waals surface area contributed by atoms with Crippen LogP contribution < -0.4 is 10.6 Å². The molecular weight excluding hydrogens is 793 g/mol. The van der Waals surface area contributed by atoms with Gasteiger partial charge in [-0.2, -0.15) is 12.6 Å². The second-order valence-corrected chi connectivity index (χ2v) is 16.5. The number of nitrogens with one attached hydrogen (secondary N) is 2. The fraction of sp³-hybridized carbons (Fsp3) is 0.800. The van der Waals surface area contributed by atoms with E-state index in [-0.39, 0.29) is 60.3 Å². The minimum Gasteiger partial charge on any atom is -0.396 e. The van der Waals surface area contributed by atoms with Crippen LogP contribution in [0.4, 0.5) is 0 Å². The summed E-state index contributed by atoms with van der Waals surface area (Å²) in [5, 5.41) is 22.3. The lowest BCUT2D eigenvalue weighted by Crippen LogP contribution is -2.38. The monoisotopic (exact) mass is 860 g/mol. The number of aliphatic hydroxyl groups excluding tert-OH is 2. The molecule has 4 aliphatic rings. The zero-order valence-corrected chi connectivity index (χ0v) is 36.2. The van der Waals surface area contributed by atoms with Crippen molar-refractivity contribution in [3.05, 3.63) is 12.2 Å². The third-order valence-corrected chi connectivity index (χ3v) is 11.8. The molecule has 0 aromatic rings. The third-order valence-electron chi connectivity index (χ3n) is 10.4. The molecule has 4 N–H and O–H groups in total. The highest BCUT2D eigenvalue weighted by Crippen LogP contribution is 2.32. The molecule has 18 heteroatoms. The summed E-state index contributed by atoms with van der Waals surface area (Å²) in [7, 11) is 3.23. The molecular formula is C40H68N4O12S2. The molecule has 2 heterocycles. The molecule has 6 amide bonds. The average molecular weight is 861 g/mol. The smallest absolute Gasteiger partial charge is 0.253 e. The van der Waals surface area contributed by atoms with E-state index in [1.54, 1.807) is 14.2 Å². The van der Waals surface area contributed by atoms with Crippen LogP contribution in [0, 0.1) is 23.7 Å². The van der Waals surface area contributed by atoms with Crippen LogP contribution in [0.2, 0.25) is 0 Å². The normalized spacial score (nSPS) is 23.0. The highest BCUT2D eigenvalue weighted by atomic mass is 32.2. The number of thioether (sulfide) groups is 1. The number of ether oxygens (including phenoxy) is 4. The standard InChI is InChI=1S/C20H34N2O6S.C18H28N2O5.C2H6OS/c1-27-9-10-28-8-6-18(24)21-13-15-2-4-16(5-3-15)14-22-19(25)12-17(20(22)26)29-11-7-23;1-24-10-11-25-9-8-16(21)19-12-14-2-4-15(5-3-14)13-20-17(22)6-7-18(20)23;3-1-2-4/h15-17,23H,2-14H2,1H3,(H,21,24);6-7,14-15H,2-5,8-13H2,1H3,(H,19,21);3-4H,1-2H2. The Morgan fingerprint density at radius 2 is 1.12 bits per heavy atom. The first kappa shape index (κ1) is 51.6. The Kier molecular flexibility index (Phi) is 27.8. The van der Waals surface area contributed by atoms with E-state index in [4.69, 9.17) is 29.2 Å². The number of amides is 6. The third kappa shape index (κ3) is 21.1. The van der Waals surface area contributed by atoms with Crippen LogP contribution in [0.5, 0.6) is 0 Å². The average Bonchev–Trinajstić information content (AvgIpc) is 3.69. The largest absolute Gasteiger partial charge is 0.396 e. The van der Waals surface area contributed by atoms with E-state index in [0.717, 1.165) is 51.4 Å². The molecule has 332 valence electrons. The number of hydrogen-bond donors (Lipinski definition) is 5. The van der Waals surface area contributed by atoms with Crippen molar-refractivity contribution in [3.63, 3.8) is 0 Å². The van der Waals surface area contributed by atoms with E-state index in [9.17, 15) is 28.8 Å². The van der Waals surface area contributed by atoms with Gasteiger partial charge in [0.15, 0.2) is 0 Å². The van der Waals surface area contributed by atoms with Crippen LogP contribution in [-0.4, -0.2) is 165 Å². The van der Waals surface area contributed by atoms with Gasteiger partial charge >= 0.3 is 0 Å². The number of hydrogen-bond acceptors (Lipinski definition) is 14. The summed E-state index contributed by atoms with van der Waals surface area (Å²) in [5.74, 6) is 2.10. The first-order valence-corrected chi connectivity index (χ1v) is 22.2. The second kappa shape index (κ2) is 31.3. The molecule has 1 unspecified atom stereocenters. The van der Waals surface area contributed by atoms with Gasteiger partial charge in [-0.3, -0.25) is 38.6 Å². The van der Waals surface area contributed by atoms with Gasteiger partial charge in [0, 0.05) is 83.3 Å². The molecule has 1 saturated heterocycles. The van der Waals surface area contributed by atoms with Crippen LogP contribution in [0.25, 0.3) is 0 Å². The van der Waals surface area contributed by atoms with Gasteiger partial charge < -0.3 is 39.8 Å². The summed E-state index contributed by atoms with van der Waals surface area (Å²) in [5.41, 5.74) is 0. The predicted octanol–water partition coefficient (Wildman–Crippen LogP) is 1.61. The molecule has 0 aromatic heterocycles. The second-order valence-electron chi connectivity index (χ2n) is 14.8. The Morgan fingerprint density at radius 3 is 1.53 bits per heavy atom. The molecule has 2 saturated carbocycles. The number of carbonyl (C=O) groups is 6. The van der Waals surface area contributed by atoms with Gasteiger partial charge in [0.2, 0.25) is 23.6 Å². The lowest BCUT2D eigenvalue weighted by Gasteiger charge is -2.30. The van der Waals surface area contributed by atoms with E-state index >= 15 is 0 Å². The zero-order valence-electron chi connectivity index (χ0n) is 34.4. The Labute approximate surface area is 353 Å². The number of likely N-dealkylation sites (tertiary alicyclic amines) is 1. The van der Waals surface area contributed by atoms with Gasteiger partial charge in [-0.1, -0.05) is 0 Å². The van der Waals surface area contributed by atoms with Crippen molar-refractivity contribution in [2.24, 2.45) is 23.7 Å². The lowest BCUT2D eigenvalue weighted by molar-refractivity contribution is -0.140. The van der Waals surface area contributed by atoms with Crippen molar-refractivity contribution in [3.8, 4) is 0 Å². The fourth-order valence-electron chi connectivity index (χ4n) is 7.05. The molecule has 0 bridgehead atoms. The Bertz CT molecular complexity index is 1240. The minimum absolute atomic E-state index is 0.00391. The maximum absolute atomic E-state index is 12.4. The molecule has 16 nitrogen and oxygen atoms in total. The number of imide groups is 2. The molecule has 0 aromatic carbocycles.